The lowest BCUT2D eigenvalue weighted by Crippen LogP contribution is -2.37. The van der Waals surface area contributed by atoms with Crippen LogP contribution in [0.4, 0.5) is 5.69 Å². The van der Waals surface area contributed by atoms with E-state index in [1.165, 1.54) is 22.7 Å². The largest absolute Gasteiger partial charge is 0.338 e. The van der Waals surface area contributed by atoms with Crippen LogP contribution in [-0.2, 0) is 0 Å². The second-order valence-electron chi connectivity index (χ2n) is 8.15. The van der Waals surface area contributed by atoms with Crippen molar-refractivity contribution >= 4 is 61.7 Å². The zero-order valence-electron chi connectivity index (χ0n) is 18.5. The zero-order valence-corrected chi connectivity index (χ0v) is 21.0. The second kappa shape index (κ2) is 8.92. The summed E-state index contributed by atoms with van der Waals surface area (Å²) in [6.45, 7) is 7.17. The molecule has 170 valence electrons. The Morgan fingerprint density at radius 3 is 2.52 bits per heavy atom. The number of rotatable bonds is 4. The minimum Gasteiger partial charge on any atom is -0.338 e. The van der Waals surface area contributed by atoms with Crippen molar-refractivity contribution in [2.24, 2.45) is 0 Å². The molecular weight excluding hydrogens is 474 g/mol. The molecule has 1 fully saturated rings. The van der Waals surface area contributed by atoms with Crippen molar-refractivity contribution in [1.29, 1.82) is 0 Å². The van der Waals surface area contributed by atoms with Gasteiger partial charge in [0.15, 0.2) is 0 Å². The number of benzene rings is 1. The van der Waals surface area contributed by atoms with Crippen LogP contribution in [0, 0.1) is 20.8 Å². The van der Waals surface area contributed by atoms with Gasteiger partial charge in [-0.25, -0.2) is 15.0 Å². The van der Waals surface area contributed by atoms with Gasteiger partial charge in [-0.1, -0.05) is 0 Å². The van der Waals surface area contributed by atoms with E-state index in [0.717, 1.165) is 48.7 Å². The Bertz CT molecular complexity index is 1350. The van der Waals surface area contributed by atoms with Crippen molar-refractivity contribution < 1.29 is 9.59 Å². The molecule has 0 radical (unpaired) electrons. The third-order valence-corrected chi connectivity index (χ3v) is 8.76. The van der Waals surface area contributed by atoms with Crippen LogP contribution in [0.25, 0.3) is 10.2 Å². The fraction of sp³-hybridized carbons (Fsp3) is 0.348. The van der Waals surface area contributed by atoms with Crippen LogP contribution in [0.1, 0.15) is 59.6 Å². The molecular formula is C23H23N5O2S3. The number of fused-ring (bicyclic) bond motifs is 1. The van der Waals surface area contributed by atoms with E-state index in [0.29, 0.717) is 24.5 Å². The van der Waals surface area contributed by atoms with Crippen molar-refractivity contribution in [2.75, 3.05) is 18.4 Å². The summed E-state index contributed by atoms with van der Waals surface area (Å²) >= 11 is 4.62. The molecule has 0 spiro atoms. The van der Waals surface area contributed by atoms with Crippen LogP contribution >= 0.6 is 34.0 Å². The number of nitrogens with one attached hydrogen (secondary N) is 1. The molecule has 33 heavy (non-hydrogen) atoms. The summed E-state index contributed by atoms with van der Waals surface area (Å²) in [7, 11) is 0. The highest BCUT2D eigenvalue weighted by Gasteiger charge is 2.28. The van der Waals surface area contributed by atoms with Gasteiger partial charge in [0.1, 0.15) is 10.6 Å². The van der Waals surface area contributed by atoms with Gasteiger partial charge in [-0.2, -0.15) is 0 Å². The number of nitrogens with zero attached hydrogens (tertiary/aromatic N) is 4. The lowest BCUT2D eigenvalue weighted by atomic mass is 9.97. The number of carbonyl (C=O) groups excluding carboxylic acids is 2. The van der Waals surface area contributed by atoms with Gasteiger partial charge >= 0.3 is 0 Å². The Balaban J connectivity index is 1.21. The first kappa shape index (κ1) is 22.1. The topological polar surface area (TPSA) is 88.1 Å². The molecule has 4 aromatic rings. The van der Waals surface area contributed by atoms with Gasteiger partial charge in [0.2, 0.25) is 0 Å². The number of aromatic nitrogens is 3. The molecule has 0 atom stereocenters. The molecule has 4 heterocycles. The predicted octanol–water partition coefficient (Wildman–Crippen LogP) is 5.41. The molecule has 1 aliphatic rings. The van der Waals surface area contributed by atoms with E-state index in [4.69, 9.17) is 0 Å². The summed E-state index contributed by atoms with van der Waals surface area (Å²) in [5.41, 5.74) is 2.84. The number of piperidine rings is 1. The van der Waals surface area contributed by atoms with Crippen molar-refractivity contribution in [3.05, 3.63) is 54.9 Å². The molecule has 0 saturated carbocycles. The van der Waals surface area contributed by atoms with Gasteiger partial charge in [-0.15, -0.1) is 34.0 Å². The highest BCUT2D eigenvalue weighted by molar-refractivity contribution is 7.18. The van der Waals surface area contributed by atoms with E-state index in [9.17, 15) is 9.59 Å². The normalized spacial score (nSPS) is 14.7. The molecule has 0 aliphatic carbocycles. The Kier molecular flexibility index (Phi) is 5.98. The molecule has 1 aliphatic heterocycles. The minimum atomic E-state index is -0.215. The van der Waals surface area contributed by atoms with Crippen LogP contribution < -0.4 is 5.32 Å². The van der Waals surface area contributed by atoms with Crippen molar-refractivity contribution in [1.82, 2.24) is 19.9 Å². The first-order valence-electron chi connectivity index (χ1n) is 10.7. The van der Waals surface area contributed by atoms with E-state index >= 15 is 0 Å². The van der Waals surface area contributed by atoms with Crippen LogP contribution in [0.15, 0.2) is 23.6 Å². The van der Waals surface area contributed by atoms with Gasteiger partial charge in [-0.3, -0.25) is 9.59 Å². The van der Waals surface area contributed by atoms with Crippen molar-refractivity contribution in [3.63, 3.8) is 0 Å². The monoisotopic (exact) mass is 497 g/mol. The second-order valence-corrected chi connectivity index (χ2v) is 11.5. The molecule has 2 amide bonds. The van der Waals surface area contributed by atoms with Crippen LogP contribution in [0.3, 0.4) is 0 Å². The molecule has 3 aromatic heterocycles. The quantitative estimate of drug-likeness (QED) is 0.407. The average Bonchev–Trinajstić information content (AvgIpc) is 3.50. The molecule has 0 unspecified atom stereocenters. The fourth-order valence-corrected chi connectivity index (χ4v) is 6.76. The van der Waals surface area contributed by atoms with E-state index < -0.39 is 0 Å². The predicted molar refractivity (Wildman–Crippen MR) is 134 cm³/mol. The highest BCUT2D eigenvalue weighted by Crippen LogP contribution is 2.32. The fourth-order valence-electron chi connectivity index (χ4n) is 4.10. The van der Waals surface area contributed by atoms with Gasteiger partial charge in [0.05, 0.1) is 30.9 Å². The van der Waals surface area contributed by atoms with E-state index in [-0.39, 0.29) is 17.7 Å². The first-order chi connectivity index (χ1) is 15.9. The van der Waals surface area contributed by atoms with Crippen molar-refractivity contribution in [2.45, 2.75) is 39.5 Å². The Morgan fingerprint density at radius 2 is 1.79 bits per heavy atom. The molecule has 1 saturated heterocycles. The van der Waals surface area contributed by atoms with Gasteiger partial charge < -0.3 is 10.2 Å². The number of hydrogen-bond acceptors (Lipinski definition) is 8. The van der Waals surface area contributed by atoms with Gasteiger partial charge in [0, 0.05) is 30.1 Å². The standard InChI is InChI=1S/C23H23N5O2S3/c1-12-20(33-13(2)24-12)23(30)28-8-6-15(7-9-28)22-27-18(11-31-22)21(29)26-16-4-5-19-17(10-16)25-14(3)32-19/h4-5,10-11,15H,6-9H2,1-3H3,(H,26,29). The average molecular weight is 498 g/mol. The number of anilines is 1. The third-order valence-electron chi connectivity index (χ3n) is 5.74. The van der Waals surface area contributed by atoms with Crippen molar-refractivity contribution in [3.8, 4) is 0 Å². The number of amides is 2. The van der Waals surface area contributed by atoms with E-state index in [1.54, 1.807) is 11.3 Å². The summed E-state index contributed by atoms with van der Waals surface area (Å²) in [4.78, 5) is 41.7. The highest BCUT2D eigenvalue weighted by atomic mass is 32.1. The summed E-state index contributed by atoms with van der Waals surface area (Å²) < 4.78 is 1.10. The molecule has 1 N–H and O–H groups in total. The van der Waals surface area contributed by atoms with E-state index in [2.05, 4.69) is 20.3 Å². The third kappa shape index (κ3) is 4.55. The Hall–Kier alpha value is -2.69. The maximum atomic E-state index is 12.9. The van der Waals surface area contributed by atoms with Crippen LogP contribution in [-0.4, -0.2) is 44.8 Å². The van der Waals surface area contributed by atoms with Gasteiger partial charge in [-0.05, 0) is 51.8 Å². The molecule has 7 nitrogen and oxygen atoms in total. The lowest BCUT2D eigenvalue weighted by molar-refractivity contribution is 0.0717. The summed E-state index contributed by atoms with van der Waals surface area (Å²) in [6, 6.07) is 5.76. The summed E-state index contributed by atoms with van der Waals surface area (Å²) in [5, 5.41) is 7.63. The SMILES string of the molecule is Cc1nc(C)c(C(=O)N2CCC(c3nc(C(=O)Nc4ccc5sc(C)nc5c4)cs3)CC2)s1. The number of hydrogen-bond donors (Lipinski definition) is 1. The number of carbonyl (C=O) groups is 2. The molecule has 1 aromatic carbocycles. The summed E-state index contributed by atoms with van der Waals surface area (Å²) in [6.07, 6.45) is 1.69. The van der Waals surface area contributed by atoms with Crippen LogP contribution in [0.5, 0.6) is 0 Å². The Labute approximate surface area is 203 Å². The number of aryl methyl sites for hydroxylation is 3. The van der Waals surface area contributed by atoms with Gasteiger partial charge in [0.25, 0.3) is 11.8 Å². The lowest BCUT2D eigenvalue weighted by Gasteiger charge is -2.30. The number of likely N-dealkylation sites (tertiary alicyclic amines) is 1. The maximum Gasteiger partial charge on any atom is 0.275 e. The van der Waals surface area contributed by atoms with E-state index in [1.807, 2.05) is 49.3 Å². The molecule has 0 bridgehead atoms. The minimum absolute atomic E-state index is 0.0723. The first-order valence-corrected chi connectivity index (χ1v) is 13.3. The maximum absolute atomic E-state index is 12.9. The Morgan fingerprint density at radius 1 is 1.03 bits per heavy atom. The number of thiazole rings is 3. The zero-order chi connectivity index (χ0) is 23.1. The summed E-state index contributed by atoms with van der Waals surface area (Å²) in [5.74, 6) is 0.120. The van der Waals surface area contributed by atoms with Crippen LogP contribution in [0.2, 0.25) is 0 Å². The smallest absolute Gasteiger partial charge is 0.275 e. The molecule has 10 heteroatoms. The molecule has 5 rings (SSSR count).